The average Bonchev–Trinajstić information content (AvgIpc) is 2.99. The van der Waals surface area contributed by atoms with Crippen LogP contribution in [0.15, 0.2) is 58.5 Å². The van der Waals surface area contributed by atoms with Crippen LogP contribution in [-0.4, -0.2) is 23.1 Å². The van der Waals surface area contributed by atoms with Crippen LogP contribution in [0.2, 0.25) is 5.02 Å². The van der Waals surface area contributed by atoms with Gasteiger partial charge in [0.1, 0.15) is 5.52 Å². The second-order valence-electron chi connectivity index (χ2n) is 5.39. The monoisotopic (exact) mass is 338 g/mol. The van der Waals surface area contributed by atoms with Gasteiger partial charge in [0.2, 0.25) is 0 Å². The molecule has 0 bridgehead atoms. The number of benzene rings is 2. The molecule has 1 heterocycles. The van der Waals surface area contributed by atoms with Crippen LogP contribution in [0.4, 0.5) is 6.01 Å². The second-order valence-corrected chi connectivity index (χ2v) is 5.83. The van der Waals surface area contributed by atoms with Gasteiger partial charge in [-0.15, -0.1) is 0 Å². The number of hydrogen-bond acceptors (Lipinski definition) is 5. The number of fused-ring (bicyclic) bond motifs is 2. The van der Waals surface area contributed by atoms with Gasteiger partial charge in [0.05, 0.1) is 0 Å². The number of hydrogen-bond donors (Lipinski definition) is 1. The van der Waals surface area contributed by atoms with Crippen molar-refractivity contribution in [3.8, 4) is 0 Å². The Morgan fingerprint density at radius 2 is 1.88 bits per heavy atom. The molecular weight excluding hydrogens is 328 g/mol. The lowest BCUT2D eigenvalue weighted by atomic mass is 9.89. The summed E-state index contributed by atoms with van der Waals surface area (Å²) in [4.78, 5) is 28.9. The second kappa shape index (κ2) is 5.62. The fourth-order valence-corrected chi connectivity index (χ4v) is 2.82. The minimum absolute atomic E-state index is 0.152. The molecule has 0 amide bonds. The number of nitrogens with zero attached hydrogens (tertiary/aromatic N) is 1. The molecule has 4 rings (SSSR count). The zero-order valence-electron chi connectivity index (χ0n) is 12.4. The van der Waals surface area contributed by atoms with Gasteiger partial charge in [0, 0.05) is 28.3 Å². The topological polar surface area (TPSA) is 72.2 Å². The number of Topliss-reactive ketones (excluding diaryl/α,β-unsaturated/α-hetero) is 1. The van der Waals surface area contributed by atoms with Crippen LogP contribution in [0.5, 0.6) is 0 Å². The minimum Gasteiger partial charge on any atom is -0.424 e. The lowest BCUT2D eigenvalue weighted by Crippen LogP contribution is -2.21. The summed E-state index contributed by atoms with van der Waals surface area (Å²) < 4.78 is 5.54. The van der Waals surface area contributed by atoms with Crippen molar-refractivity contribution < 1.29 is 14.0 Å². The number of oxazole rings is 1. The first-order valence-corrected chi connectivity index (χ1v) is 7.68. The standard InChI is InChI=1S/C18H11ClN2O3/c19-11-5-6-16-14(8-11)21-18(24-16)20-9-10-7-15(22)12-3-1-2-4-13(12)17(10)23/h1-8H,9H2,(H,20,21). The summed E-state index contributed by atoms with van der Waals surface area (Å²) >= 11 is 5.92. The molecule has 1 aromatic heterocycles. The molecule has 1 aliphatic rings. The molecule has 0 unspecified atom stereocenters. The van der Waals surface area contributed by atoms with Crippen LogP contribution in [-0.2, 0) is 0 Å². The number of rotatable bonds is 3. The fraction of sp³-hybridized carbons (Fsp3) is 0.0556. The largest absolute Gasteiger partial charge is 0.424 e. The summed E-state index contributed by atoms with van der Waals surface area (Å²) in [7, 11) is 0. The van der Waals surface area contributed by atoms with E-state index >= 15 is 0 Å². The molecule has 1 N–H and O–H groups in total. The molecule has 3 aromatic rings. The highest BCUT2D eigenvalue weighted by atomic mass is 35.5. The third-order valence-corrected chi connectivity index (χ3v) is 4.05. The predicted octanol–water partition coefficient (Wildman–Crippen LogP) is 3.90. The molecule has 118 valence electrons. The first-order chi connectivity index (χ1) is 11.6. The molecule has 0 atom stereocenters. The van der Waals surface area contributed by atoms with Crippen LogP contribution >= 0.6 is 11.6 Å². The number of allylic oxidation sites excluding steroid dienone is 1. The molecule has 6 heteroatoms. The van der Waals surface area contributed by atoms with Crippen LogP contribution < -0.4 is 5.32 Å². The van der Waals surface area contributed by atoms with Gasteiger partial charge in [0.25, 0.3) is 6.01 Å². The van der Waals surface area contributed by atoms with E-state index in [-0.39, 0.29) is 24.1 Å². The van der Waals surface area contributed by atoms with Crippen molar-refractivity contribution >= 4 is 40.3 Å². The molecule has 0 saturated carbocycles. The molecule has 0 saturated heterocycles. The number of carbonyl (C=O) groups excluding carboxylic acids is 2. The number of aromatic nitrogens is 1. The number of ketones is 2. The number of anilines is 1. The van der Waals surface area contributed by atoms with Crippen LogP contribution in [0, 0.1) is 0 Å². The quantitative estimate of drug-likeness (QED) is 0.784. The van der Waals surface area contributed by atoms with Gasteiger partial charge >= 0.3 is 0 Å². The van der Waals surface area contributed by atoms with Crippen LogP contribution in [0.3, 0.4) is 0 Å². The summed E-state index contributed by atoms with van der Waals surface area (Å²) in [5.74, 6) is -0.344. The van der Waals surface area contributed by atoms with E-state index in [1.165, 1.54) is 6.08 Å². The smallest absolute Gasteiger partial charge is 0.295 e. The minimum atomic E-state index is -0.175. The van der Waals surface area contributed by atoms with Gasteiger partial charge in [-0.05, 0) is 24.3 Å². The maximum absolute atomic E-state index is 12.5. The van der Waals surface area contributed by atoms with Gasteiger partial charge in [0.15, 0.2) is 17.1 Å². The number of halogens is 1. The van der Waals surface area contributed by atoms with E-state index in [1.54, 1.807) is 42.5 Å². The highest BCUT2D eigenvalue weighted by Gasteiger charge is 2.24. The van der Waals surface area contributed by atoms with Crippen molar-refractivity contribution in [1.29, 1.82) is 0 Å². The molecular formula is C18H11ClN2O3. The molecule has 0 fully saturated rings. The zero-order valence-corrected chi connectivity index (χ0v) is 13.1. The first-order valence-electron chi connectivity index (χ1n) is 7.30. The van der Waals surface area contributed by atoms with Gasteiger partial charge in [-0.25, -0.2) is 0 Å². The fourth-order valence-electron chi connectivity index (χ4n) is 2.65. The highest BCUT2D eigenvalue weighted by molar-refractivity contribution is 6.31. The Hall–Kier alpha value is -2.92. The van der Waals surface area contributed by atoms with E-state index in [4.69, 9.17) is 16.0 Å². The maximum atomic E-state index is 12.5. The molecule has 24 heavy (non-hydrogen) atoms. The van der Waals surface area contributed by atoms with Crippen molar-refractivity contribution in [3.63, 3.8) is 0 Å². The van der Waals surface area contributed by atoms with Gasteiger partial charge in [-0.1, -0.05) is 35.9 Å². The Morgan fingerprint density at radius 3 is 2.71 bits per heavy atom. The SMILES string of the molecule is O=C1C=C(CNc2nc3cc(Cl)ccc3o2)C(=O)c2ccccc21. The molecule has 1 aliphatic carbocycles. The molecule has 5 nitrogen and oxygen atoms in total. The maximum Gasteiger partial charge on any atom is 0.295 e. The Kier molecular flexibility index (Phi) is 3.43. The van der Waals surface area contributed by atoms with Crippen LogP contribution in [0.25, 0.3) is 11.1 Å². The summed E-state index contributed by atoms with van der Waals surface area (Å²) in [6.07, 6.45) is 1.36. The number of nitrogens with one attached hydrogen (secondary N) is 1. The zero-order chi connectivity index (χ0) is 16.7. The molecule has 0 radical (unpaired) electrons. The normalized spacial score (nSPS) is 13.8. The van der Waals surface area contributed by atoms with Crippen molar-refractivity contribution in [1.82, 2.24) is 4.98 Å². The molecule has 0 aliphatic heterocycles. The van der Waals surface area contributed by atoms with E-state index in [1.807, 2.05) is 0 Å². The van der Waals surface area contributed by atoms with Crippen LogP contribution in [0.1, 0.15) is 20.7 Å². The first kappa shape index (κ1) is 14.7. The average molecular weight is 339 g/mol. The Morgan fingerprint density at radius 1 is 1.08 bits per heavy atom. The van der Waals surface area contributed by atoms with E-state index in [0.29, 0.717) is 32.8 Å². The Balaban J connectivity index is 1.57. The lowest BCUT2D eigenvalue weighted by molar-refractivity contribution is 0.0984. The molecule has 2 aromatic carbocycles. The Labute approximate surface area is 141 Å². The third-order valence-electron chi connectivity index (χ3n) is 3.81. The third kappa shape index (κ3) is 2.49. The van der Waals surface area contributed by atoms with Gasteiger partial charge in [-0.3, -0.25) is 9.59 Å². The van der Waals surface area contributed by atoms with E-state index in [0.717, 1.165) is 0 Å². The van der Waals surface area contributed by atoms with Crippen molar-refractivity contribution in [2.45, 2.75) is 0 Å². The predicted molar refractivity (Wildman–Crippen MR) is 90.7 cm³/mol. The Bertz CT molecular complexity index is 1020. The summed E-state index contributed by atoms with van der Waals surface area (Å²) in [5, 5.41) is 3.51. The van der Waals surface area contributed by atoms with E-state index < -0.39 is 0 Å². The van der Waals surface area contributed by atoms with E-state index in [9.17, 15) is 9.59 Å². The van der Waals surface area contributed by atoms with E-state index in [2.05, 4.69) is 10.3 Å². The van der Waals surface area contributed by atoms with Crippen molar-refractivity contribution in [3.05, 3.63) is 70.3 Å². The van der Waals surface area contributed by atoms with Crippen molar-refractivity contribution in [2.75, 3.05) is 11.9 Å². The summed E-state index contributed by atoms with van der Waals surface area (Å²) in [5.41, 5.74) is 2.44. The summed E-state index contributed by atoms with van der Waals surface area (Å²) in [6, 6.07) is 12.2. The summed E-state index contributed by atoms with van der Waals surface area (Å²) in [6.45, 7) is 0.152. The van der Waals surface area contributed by atoms with Crippen molar-refractivity contribution in [2.24, 2.45) is 0 Å². The molecule has 0 spiro atoms. The number of carbonyl (C=O) groups is 2. The van der Waals surface area contributed by atoms with Gasteiger partial charge < -0.3 is 9.73 Å². The highest BCUT2D eigenvalue weighted by Crippen LogP contribution is 2.24. The van der Waals surface area contributed by atoms with Gasteiger partial charge in [-0.2, -0.15) is 4.98 Å². The lowest BCUT2D eigenvalue weighted by Gasteiger charge is -2.14.